The van der Waals surface area contributed by atoms with Crippen LogP contribution in [0.1, 0.15) is 18.4 Å². The first-order chi connectivity index (χ1) is 10.0. The Kier molecular flexibility index (Phi) is 6.30. The minimum atomic E-state index is -0.687. The van der Waals surface area contributed by atoms with E-state index in [4.69, 9.17) is 27.9 Å². The number of benzene rings is 1. The molecule has 0 radical (unpaired) electrons. The molecule has 1 aromatic carbocycles. The van der Waals surface area contributed by atoms with Crippen molar-refractivity contribution in [3.8, 4) is 0 Å². The molecule has 1 aliphatic rings. The lowest BCUT2D eigenvalue weighted by Crippen LogP contribution is -2.35. The monoisotopic (exact) mass is 331 g/mol. The predicted octanol–water partition coefficient (Wildman–Crippen LogP) is 2.44. The second-order valence-electron chi connectivity index (χ2n) is 5.35. The molecule has 0 saturated heterocycles. The molecule has 2 N–H and O–H groups in total. The molecule has 1 amide bonds. The highest BCUT2D eigenvalue weighted by molar-refractivity contribution is 6.35. The van der Waals surface area contributed by atoms with Crippen LogP contribution < -0.4 is 5.32 Å². The van der Waals surface area contributed by atoms with Crippen molar-refractivity contribution < 1.29 is 14.6 Å². The summed E-state index contributed by atoms with van der Waals surface area (Å²) in [5.74, 6) is 0.472. The zero-order valence-corrected chi connectivity index (χ0v) is 13.2. The van der Waals surface area contributed by atoms with Gasteiger partial charge in [-0.2, -0.15) is 0 Å². The van der Waals surface area contributed by atoms with Gasteiger partial charge in [-0.1, -0.05) is 29.3 Å². The summed E-state index contributed by atoms with van der Waals surface area (Å²) in [6, 6.07) is 5.02. The molecule has 1 aliphatic carbocycles. The molecule has 21 heavy (non-hydrogen) atoms. The third-order valence-corrected chi connectivity index (χ3v) is 3.85. The minimum absolute atomic E-state index is 0.158. The minimum Gasteiger partial charge on any atom is -0.389 e. The Morgan fingerprint density at radius 2 is 2.19 bits per heavy atom. The second-order valence-corrected chi connectivity index (χ2v) is 6.19. The molecule has 0 aromatic heterocycles. The number of rotatable bonds is 8. The highest BCUT2D eigenvalue weighted by Gasteiger charge is 2.21. The van der Waals surface area contributed by atoms with Gasteiger partial charge >= 0.3 is 0 Å². The Bertz CT molecular complexity index is 492. The fourth-order valence-electron chi connectivity index (χ4n) is 1.85. The molecule has 0 heterocycles. The standard InChI is InChI=1S/C15H19Cl2NO3/c16-12-4-3-11(14(17)6-12)5-15(20)18-7-13(19)9-21-8-10-1-2-10/h3-4,6,10,13,19H,1-2,5,7-9H2,(H,18,20). The smallest absolute Gasteiger partial charge is 0.224 e. The molecule has 1 saturated carbocycles. The molecule has 1 aromatic rings. The molecule has 6 heteroatoms. The van der Waals surface area contributed by atoms with Crippen molar-refractivity contribution in [2.75, 3.05) is 19.8 Å². The van der Waals surface area contributed by atoms with Gasteiger partial charge in [0.1, 0.15) is 0 Å². The van der Waals surface area contributed by atoms with Gasteiger partial charge < -0.3 is 15.2 Å². The van der Waals surface area contributed by atoms with Crippen LogP contribution in [-0.2, 0) is 16.0 Å². The van der Waals surface area contributed by atoms with Crippen LogP contribution >= 0.6 is 23.2 Å². The van der Waals surface area contributed by atoms with Gasteiger partial charge in [0.05, 0.1) is 19.1 Å². The van der Waals surface area contributed by atoms with Crippen LogP contribution in [0.2, 0.25) is 10.0 Å². The van der Waals surface area contributed by atoms with Gasteiger partial charge in [0, 0.05) is 23.2 Å². The zero-order chi connectivity index (χ0) is 15.2. The Morgan fingerprint density at radius 1 is 1.43 bits per heavy atom. The summed E-state index contributed by atoms with van der Waals surface area (Å²) in [5, 5.41) is 13.4. The van der Waals surface area contributed by atoms with E-state index in [0.717, 1.165) is 0 Å². The van der Waals surface area contributed by atoms with Gasteiger partial charge in [-0.25, -0.2) is 0 Å². The molecule has 116 valence electrons. The average molecular weight is 332 g/mol. The topological polar surface area (TPSA) is 58.6 Å². The van der Waals surface area contributed by atoms with Crippen molar-refractivity contribution >= 4 is 29.1 Å². The predicted molar refractivity (Wildman–Crippen MR) is 82.7 cm³/mol. The van der Waals surface area contributed by atoms with Crippen molar-refractivity contribution in [2.24, 2.45) is 5.92 Å². The van der Waals surface area contributed by atoms with Crippen LogP contribution in [0, 0.1) is 5.92 Å². The van der Waals surface area contributed by atoms with Crippen molar-refractivity contribution in [3.63, 3.8) is 0 Å². The summed E-state index contributed by atoms with van der Waals surface area (Å²) in [7, 11) is 0. The van der Waals surface area contributed by atoms with Crippen LogP contribution in [0.15, 0.2) is 18.2 Å². The highest BCUT2D eigenvalue weighted by atomic mass is 35.5. The van der Waals surface area contributed by atoms with Gasteiger partial charge in [0.25, 0.3) is 0 Å². The first-order valence-electron chi connectivity index (χ1n) is 7.01. The number of hydrogen-bond acceptors (Lipinski definition) is 3. The van der Waals surface area contributed by atoms with Crippen LogP contribution in [0.3, 0.4) is 0 Å². The van der Waals surface area contributed by atoms with Gasteiger partial charge in [-0.05, 0) is 36.5 Å². The summed E-state index contributed by atoms with van der Waals surface area (Å²) in [6.45, 7) is 1.12. The maximum atomic E-state index is 11.8. The number of aliphatic hydroxyl groups excluding tert-OH is 1. The lowest BCUT2D eigenvalue weighted by Gasteiger charge is -2.12. The van der Waals surface area contributed by atoms with E-state index in [0.29, 0.717) is 28.1 Å². The largest absolute Gasteiger partial charge is 0.389 e. The molecule has 1 fully saturated rings. The van der Waals surface area contributed by atoms with Gasteiger partial charge in [-0.15, -0.1) is 0 Å². The fourth-order valence-corrected chi connectivity index (χ4v) is 2.32. The number of ether oxygens (including phenoxy) is 1. The molecule has 0 aliphatic heterocycles. The zero-order valence-electron chi connectivity index (χ0n) is 11.6. The SMILES string of the molecule is O=C(Cc1ccc(Cl)cc1Cl)NCC(O)COCC1CC1. The molecule has 2 rings (SSSR count). The van der Waals surface area contributed by atoms with Crippen molar-refractivity contribution in [1.82, 2.24) is 5.32 Å². The molecule has 1 unspecified atom stereocenters. The Balaban J connectivity index is 1.66. The van der Waals surface area contributed by atoms with E-state index in [-0.39, 0.29) is 25.5 Å². The maximum absolute atomic E-state index is 11.8. The number of hydrogen-bond donors (Lipinski definition) is 2. The highest BCUT2D eigenvalue weighted by Crippen LogP contribution is 2.28. The number of nitrogens with one attached hydrogen (secondary N) is 1. The molecule has 0 bridgehead atoms. The number of halogens is 2. The first-order valence-corrected chi connectivity index (χ1v) is 7.76. The molecular formula is C15H19Cl2NO3. The van der Waals surface area contributed by atoms with E-state index in [9.17, 15) is 9.90 Å². The molecule has 1 atom stereocenters. The summed E-state index contributed by atoms with van der Waals surface area (Å²) in [4.78, 5) is 11.8. The Hall–Kier alpha value is -0.810. The number of amides is 1. The van der Waals surface area contributed by atoms with Crippen LogP contribution in [0.4, 0.5) is 0 Å². The van der Waals surface area contributed by atoms with Crippen molar-refractivity contribution in [3.05, 3.63) is 33.8 Å². The Labute approximate surface area is 134 Å². The van der Waals surface area contributed by atoms with Crippen LogP contribution in [0.25, 0.3) is 0 Å². The van der Waals surface area contributed by atoms with Gasteiger partial charge in [0.15, 0.2) is 0 Å². The summed E-state index contributed by atoms with van der Waals surface area (Å²) < 4.78 is 5.37. The quantitative estimate of drug-likeness (QED) is 0.769. The molecule has 4 nitrogen and oxygen atoms in total. The second kappa shape index (κ2) is 7.99. The normalized spacial score (nSPS) is 15.8. The third kappa shape index (κ3) is 6.22. The maximum Gasteiger partial charge on any atom is 0.224 e. The van der Waals surface area contributed by atoms with Crippen LogP contribution in [-0.4, -0.2) is 36.9 Å². The third-order valence-electron chi connectivity index (χ3n) is 3.26. The summed E-state index contributed by atoms with van der Waals surface area (Å²) >= 11 is 11.8. The van der Waals surface area contributed by atoms with Gasteiger partial charge in [0.2, 0.25) is 5.91 Å². The van der Waals surface area contributed by atoms with E-state index >= 15 is 0 Å². The number of carbonyl (C=O) groups is 1. The van der Waals surface area contributed by atoms with Crippen molar-refractivity contribution in [2.45, 2.75) is 25.4 Å². The number of carbonyl (C=O) groups excluding carboxylic acids is 1. The van der Waals surface area contributed by atoms with E-state index in [1.54, 1.807) is 18.2 Å². The van der Waals surface area contributed by atoms with E-state index in [1.165, 1.54) is 12.8 Å². The van der Waals surface area contributed by atoms with Gasteiger partial charge in [-0.3, -0.25) is 4.79 Å². The lowest BCUT2D eigenvalue weighted by atomic mass is 10.1. The van der Waals surface area contributed by atoms with E-state index < -0.39 is 6.10 Å². The fraction of sp³-hybridized carbons (Fsp3) is 0.533. The number of aliphatic hydroxyl groups is 1. The van der Waals surface area contributed by atoms with E-state index in [2.05, 4.69) is 5.32 Å². The summed E-state index contributed by atoms with van der Waals surface area (Å²) in [6.07, 6.45) is 1.91. The van der Waals surface area contributed by atoms with Crippen LogP contribution in [0.5, 0.6) is 0 Å². The molecule has 0 spiro atoms. The molecular weight excluding hydrogens is 313 g/mol. The van der Waals surface area contributed by atoms with Crippen molar-refractivity contribution in [1.29, 1.82) is 0 Å². The lowest BCUT2D eigenvalue weighted by molar-refractivity contribution is -0.121. The van der Waals surface area contributed by atoms with E-state index in [1.807, 2.05) is 0 Å². The first kappa shape index (κ1) is 16.6. The summed E-state index contributed by atoms with van der Waals surface area (Å²) in [5.41, 5.74) is 0.707. The Morgan fingerprint density at radius 3 is 2.86 bits per heavy atom. The average Bonchev–Trinajstić information content (AvgIpc) is 3.24.